The maximum atomic E-state index is 4.37. The number of nitrogens with zero attached hydrogens (tertiary/aromatic N) is 3. The molecular weight excluding hydrogens is 214 g/mol. The second-order valence-electron chi connectivity index (χ2n) is 4.42. The minimum absolute atomic E-state index is 0.253. The van der Waals surface area contributed by atoms with E-state index in [4.69, 9.17) is 0 Å². The Bertz CT molecular complexity index is 519. The number of hydrogen-bond acceptors (Lipinski definition) is 4. The third kappa shape index (κ3) is 2.00. The summed E-state index contributed by atoms with van der Waals surface area (Å²) < 4.78 is 0. The van der Waals surface area contributed by atoms with Crippen LogP contribution in [0.1, 0.15) is 35.8 Å². The first kappa shape index (κ1) is 10.3. The fourth-order valence-corrected chi connectivity index (χ4v) is 2.28. The van der Waals surface area contributed by atoms with Crippen LogP contribution in [0.25, 0.3) is 0 Å². The lowest BCUT2D eigenvalue weighted by atomic mass is 9.94. The van der Waals surface area contributed by atoms with E-state index in [0.29, 0.717) is 5.95 Å². The molecule has 0 amide bonds. The first-order chi connectivity index (χ1) is 8.33. The molecule has 88 valence electrons. The van der Waals surface area contributed by atoms with Crippen molar-refractivity contribution < 1.29 is 0 Å². The highest BCUT2D eigenvalue weighted by Gasteiger charge is 2.22. The van der Waals surface area contributed by atoms with Gasteiger partial charge in [0.1, 0.15) is 0 Å². The lowest BCUT2D eigenvalue weighted by Gasteiger charge is -2.22. The maximum absolute atomic E-state index is 4.37. The number of fused-ring (bicyclic) bond motifs is 1. The van der Waals surface area contributed by atoms with Crippen molar-refractivity contribution in [2.75, 3.05) is 5.32 Å². The Balaban J connectivity index is 1.84. The van der Waals surface area contributed by atoms with Gasteiger partial charge in [-0.25, -0.2) is 9.97 Å². The quantitative estimate of drug-likeness (QED) is 0.826. The fourth-order valence-electron chi connectivity index (χ4n) is 2.28. The molecule has 5 nitrogen and oxygen atoms in total. The molecule has 0 radical (unpaired) electrons. The summed E-state index contributed by atoms with van der Waals surface area (Å²) in [4.78, 5) is 8.60. The number of aryl methyl sites for hydroxylation is 2. The summed E-state index contributed by atoms with van der Waals surface area (Å²) in [5.74, 6) is 0.692. The van der Waals surface area contributed by atoms with Crippen LogP contribution in [0.4, 0.5) is 5.95 Å². The first-order valence-corrected chi connectivity index (χ1v) is 5.91. The van der Waals surface area contributed by atoms with Crippen molar-refractivity contribution in [3.63, 3.8) is 0 Å². The van der Waals surface area contributed by atoms with Gasteiger partial charge in [0.15, 0.2) is 0 Å². The average Bonchev–Trinajstić information content (AvgIpc) is 2.78. The molecule has 0 spiro atoms. The van der Waals surface area contributed by atoms with Crippen LogP contribution >= 0.6 is 0 Å². The van der Waals surface area contributed by atoms with Gasteiger partial charge in [-0.05, 0) is 37.8 Å². The Kier molecular flexibility index (Phi) is 2.51. The fraction of sp³-hybridized carbons (Fsp3) is 0.417. The Morgan fingerprint density at radius 1 is 1.47 bits per heavy atom. The molecule has 0 fully saturated rings. The highest BCUT2D eigenvalue weighted by molar-refractivity contribution is 5.33. The minimum Gasteiger partial charge on any atom is -0.346 e. The molecule has 5 heteroatoms. The standard InChI is InChI=1S/C12H15N5/c1-8-5-6-13-12(15-8)16-10-4-2-3-9-7-14-17-11(9)10/h5-7,10H,2-4H2,1H3,(H,14,17)(H,13,15,16). The zero-order chi connectivity index (χ0) is 11.7. The molecule has 0 saturated carbocycles. The van der Waals surface area contributed by atoms with Gasteiger partial charge in [0.25, 0.3) is 0 Å². The van der Waals surface area contributed by atoms with Crippen molar-refractivity contribution >= 4 is 5.95 Å². The normalized spacial score (nSPS) is 18.8. The topological polar surface area (TPSA) is 66.5 Å². The summed E-state index contributed by atoms with van der Waals surface area (Å²) in [5.41, 5.74) is 3.46. The maximum Gasteiger partial charge on any atom is 0.223 e. The van der Waals surface area contributed by atoms with Gasteiger partial charge in [0.2, 0.25) is 5.95 Å². The molecule has 2 N–H and O–H groups in total. The molecule has 17 heavy (non-hydrogen) atoms. The van der Waals surface area contributed by atoms with E-state index in [9.17, 15) is 0 Å². The smallest absolute Gasteiger partial charge is 0.223 e. The van der Waals surface area contributed by atoms with Crippen LogP contribution in [0, 0.1) is 6.92 Å². The predicted molar refractivity (Wildman–Crippen MR) is 64.7 cm³/mol. The summed E-state index contributed by atoms with van der Waals surface area (Å²) in [6, 6.07) is 2.15. The van der Waals surface area contributed by atoms with Crippen molar-refractivity contribution in [2.24, 2.45) is 0 Å². The summed E-state index contributed by atoms with van der Waals surface area (Å²) >= 11 is 0. The van der Waals surface area contributed by atoms with E-state index >= 15 is 0 Å². The van der Waals surface area contributed by atoms with Crippen LogP contribution < -0.4 is 5.32 Å². The predicted octanol–water partition coefficient (Wildman–Crippen LogP) is 2.00. The van der Waals surface area contributed by atoms with Crippen molar-refractivity contribution in [2.45, 2.75) is 32.2 Å². The number of nitrogens with one attached hydrogen (secondary N) is 2. The lowest BCUT2D eigenvalue weighted by molar-refractivity contribution is 0.584. The molecule has 0 bridgehead atoms. The molecule has 2 heterocycles. The van der Waals surface area contributed by atoms with Crippen molar-refractivity contribution in [3.8, 4) is 0 Å². The van der Waals surface area contributed by atoms with Crippen LogP contribution in [0.15, 0.2) is 18.5 Å². The van der Waals surface area contributed by atoms with Crippen LogP contribution in [-0.4, -0.2) is 20.2 Å². The molecule has 0 aliphatic heterocycles. The summed E-state index contributed by atoms with van der Waals surface area (Å²) in [7, 11) is 0. The molecular formula is C12H15N5. The molecule has 0 saturated heterocycles. The van der Waals surface area contributed by atoms with Gasteiger partial charge in [-0.1, -0.05) is 0 Å². The third-order valence-electron chi connectivity index (χ3n) is 3.14. The highest BCUT2D eigenvalue weighted by Crippen LogP contribution is 2.29. The zero-order valence-corrected chi connectivity index (χ0v) is 9.77. The van der Waals surface area contributed by atoms with Crippen LogP contribution in [0.2, 0.25) is 0 Å². The van der Waals surface area contributed by atoms with Gasteiger partial charge in [-0.3, -0.25) is 5.10 Å². The number of H-pyrrole nitrogens is 1. The summed E-state index contributed by atoms with van der Waals surface area (Å²) in [5, 5.41) is 10.6. The number of aromatic amines is 1. The second kappa shape index (κ2) is 4.16. The van der Waals surface area contributed by atoms with E-state index in [1.165, 1.54) is 17.7 Å². The van der Waals surface area contributed by atoms with Gasteiger partial charge >= 0.3 is 0 Å². The van der Waals surface area contributed by atoms with E-state index in [1.54, 1.807) is 6.20 Å². The Hall–Kier alpha value is -1.91. The molecule has 2 aromatic rings. The molecule has 1 aliphatic rings. The molecule has 1 unspecified atom stereocenters. The highest BCUT2D eigenvalue weighted by atomic mass is 15.2. The van der Waals surface area contributed by atoms with E-state index in [0.717, 1.165) is 18.5 Å². The van der Waals surface area contributed by atoms with Gasteiger partial charge in [0.05, 0.1) is 17.9 Å². The number of hydrogen-bond donors (Lipinski definition) is 2. The lowest BCUT2D eigenvalue weighted by Crippen LogP contribution is -2.18. The van der Waals surface area contributed by atoms with Crippen molar-refractivity contribution in [1.82, 2.24) is 20.2 Å². The van der Waals surface area contributed by atoms with Gasteiger partial charge < -0.3 is 5.32 Å². The largest absolute Gasteiger partial charge is 0.346 e. The number of aromatic nitrogens is 4. The van der Waals surface area contributed by atoms with E-state index in [2.05, 4.69) is 25.5 Å². The van der Waals surface area contributed by atoms with E-state index in [1.807, 2.05) is 19.2 Å². The molecule has 3 rings (SSSR count). The molecule has 2 aromatic heterocycles. The van der Waals surface area contributed by atoms with Crippen LogP contribution in [0.3, 0.4) is 0 Å². The van der Waals surface area contributed by atoms with Gasteiger partial charge in [-0.2, -0.15) is 5.10 Å². The van der Waals surface area contributed by atoms with Crippen LogP contribution in [0.5, 0.6) is 0 Å². The average molecular weight is 229 g/mol. The number of rotatable bonds is 2. The summed E-state index contributed by atoms with van der Waals surface area (Å²) in [6.45, 7) is 1.97. The molecule has 0 aromatic carbocycles. The van der Waals surface area contributed by atoms with E-state index in [-0.39, 0.29) is 6.04 Å². The monoisotopic (exact) mass is 229 g/mol. The third-order valence-corrected chi connectivity index (χ3v) is 3.14. The Morgan fingerprint density at radius 2 is 2.41 bits per heavy atom. The van der Waals surface area contributed by atoms with Gasteiger partial charge in [-0.15, -0.1) is 0 Å². The minimum atomic E-state index is 0.253. The van der Waals surface area contributed by atoms with Crippen molar-refractivity contribution in [1.29, 1.82) is 0 Å². The number of anilines is 1. The first-order valence-electron chi connectivity index (χ1n) is 5.91. The SMILES string of the molecule is Cc1ccnc(NC2CCCc3cn[nH]c32)n1. The van der Waals surface area contributed by atoms with E-state index < -0.39 is 0 Å². The zero-order valence-electron chi connectivity index (χ0n) is 9.77. The van der Waals surface area contributed by atoms with Crippen LogP contribution in [-0.2, 0) is 6.42 Å². The van der Waals surface area contributed by atoms with Gasteiger partial charge in [0, 0.05) is 11.9 Å². The molecule has 1 atom stereocenters. The summed E-state index contributed by atoms with van der Waals surface area (Å²) in [6.07, 6.45) is 7.07. The Labute approximate surface area is 99.7 Å². The Morgan fingerprint density at radius 3 is 3.29 bits per heavy atom. The van der Waals surface area contributed by atoms with Crippen molar-refractivity contribution in [3.05, 3.63) is 35.4 Å². The molecule has 1 aliphatic carbocycles. The second-order valence-corrected chi connectivity index (χ2v) is 4.42.